The standard InChI is InChI=1S/C17H20N4OS/c1-11-9-15(18)20-17(19-11)23-12(2)16(22)21-8-7-13-5-3-4-6-14(13)10-21/h3-6,9,12H,7-8,10H2,1-2H3,(H2,18,19,20)/t12-/m0/s1. The van der Waals surface area contributed by atoms with Crippen molar-refractivity contribution in [3.05, 3.63) is 47.2 Å². The van der Waals surface area contributed by atoms with E-state index in [0.29, 0.717) is 17.5 Å². The average Bonchev–Trinajstić information content (AvgIpc) is 2.52. The number of hydrogen-bond donors (Lipinski definition) is 1. The summed E-state index contributed by atoms with van der Waals surface area (Å²) in [5.41, 5.74) is 9.13. The zero-order valence-electron chi connectivity index (χ0n) is 13.3. The zero-order valence-corrected chi connectivity index (χ0v) is 14.1. The van der Waals surface area contributed by atoms with Crippen LogP contribution in [-0.4, -0.2) is 32.6 Å². The highest BCUT2D eigenvalue weighted by atomic mass is 32.2. The molecule has 1 aromatic heterocycles. The van der Waals surface area contributed by atoms with Crippen molar-refractivity contribution < 1.29 is 4.79 Å². The van der Waals surface area contributed by atoms with Crippen LogP contribution >= 0.6 is 11.8 Å². The molecule has 0 saturated carbocycles. The molecule has 0 saturated heterocycles. The van der Waals surface area contributed by atoms with Gasteiger partial charge in [0.15, 0.2) is 5.16 Å². The Balaban J connectivity index is 1.68. The van der Waals surface area contributed by atoms with Crippen LogP contribution in [0.5, 0.6) is 0 Å². The largest absolute Gasteiger partial charge is 0.384 e. The Morgan fingerprint density at radius 1 is 1.30 bits per heavy atom. The molecule has 0 unspecified atom stereocenters. The van der Waals surface area contributed by atoms with Crippen molar-refractivity contribution in [2.24, 2.45) is 0 Å². The molecule has 2 heterocycles. The topological polar surface area (TPSA) is 72.1 Å². The van der Waals surface area contributed by atoms with Crippen LogP contribution in [0.25, 0.3) is 0 Å². The van der Waals surface area contributed by atoms with Crippen molar-refractivity contribution in [2.45, 2.75) is 37.2 Å². The van der Waals surface area contributed by atoms with E-state index in [1.807, 2.05) is 30.9 Å². The van der Waals surface area contributed by atoms with E-state index in [1.54, 1.807) is 6.07 Å². The van der Waals surface area contributed by atoms with Gasteiger partial charge in [-0.2, -0.15) is 0 Å². The first-order chi connectivity index (χ1) is 11.0. The molecule has 1 atom stereocenters. The molecule has 0 aliphatic carbocycles. The molecule has 6 heteroatoms. The Morgan fingerprint density at radius 2 is 2.04 bits per heavy atom. The third-order valence-corrected chi connectivity index (χ3v) is 4.87. The van der Waals surface area contributed by atoms with Crippen molar-refractivity contribution in [1.29, 1.82) is 0 Å². The Hall–Kier alpha value is -2.08. The summed E-state index contributed by atoms with van der Waals surface area (Å²) < 4.78 is 0. The monoisotopic (exact) mass is 328 g/mol. The number of amides is 1. The number of anilines is 1. The fourth-order valence-corrected chi connectivity index (χ4v) is 3.69. The summed E-state index contributed by atoms with van der Waals surface area (Å²) in [6.45, 7) is 5.21. The molecule has 5 nitrogen and oxygen atoms in total. The molecule has 0 radical (unpaired) electrons. The van der Waals surface area contributed by atoms with Crippen LogP contribution in [0.1, 0.15) is 23.7 Å². The summed E-state index contributed by atoms with van der Waals surface area (Å²) >= 11 is 1.36. The van der Waals surface area contributed by atoms with E-state index in [0.717, 1.165) is 18.7 Å². The molecule has 23 heavy (non-hydrogen) atoms. The minimum absolute atomic E-state index is 0.119. The molecule has 120 valence electrons. The molecule has 1 amide bonds. The molecule has 1 aromatic carbocycles. The van der Waals surface area contributed by atoms with E-state index in [9.17, 15) is 4.79 Å². The number of thioether (sulfide) groups is 1. The zero-order chi connectivity index (χ0) is 16.4. The van der Waals surface area contributed by atoms with Gasteiger partial charge in [0.1, 0.15) is 5.82 Å². The van der Waals surface area contributed by atoms with Crippen LogP contribution < -0.4 is 5.73 Å². The molecule has 1 aliphatic heterocycles. The summed E-state index contributed by atoms with van der Waals surface area (Å²) in [6.07, 6.45) is 0.910. The number of aryl methyl sites for hydroxylation is 1. The lowest BCUT2D eigenvalue weighted by atomic mass is 10.00. The van der Waals surface area contributed by atoms with Gasteiger partial charge in [0.25, 0.3) is 0 Å². The first-order valence-electron chi connectivity index (χ1n) is 7.66. The number of fused-ring (bicyclic) bond motifs is 1. The first-order valence-corrected chi connectivity index (χ1v) is 8.54. The summed E-state index contributed by atoms with van der Waals surface area (Å²) in [7, 11) is 0. The van der Waals surface area contributed by atoms with Crippen LogP contribution in [-0.2, 0) is 17.8 Å². The van der Waals surface area contributed by atoms with Crippen LogP contribution in [0.15, 0.2) is 35.5 Å². The Morgan fingerprint density at radius 3 is 2.78 bits per heavy atom. The van der Waals surface area contributed by atoms with E-state index in [1.165, 1.54) is 22.9 Å². The van der Waals surface area contributed by atoms with Crippen molar-refractivity contribution in [1.82, 2.24) is 14.9 Å². The van der Waals surface area contributed by atoms with Gasteiger partial charge in [-0.25, -0.2) is 9.97 Å². The van der Waals surface area contributed by atoms with Crippen LogP contribution in [0.3, 0.4) is 0 Å². The predicted octanol–water partition coefficient (Wildman–Crippen LogP) is 2.43. The Kier molecular flexibility index (Phi) is 4.52. The predicted molar refractivity (Wildman–Crippen MR) is 92.1 cm³/mol. The van der Waals surface area contributed by atoms with Gasteiger partial charge in [0.05, 0.1) is 5.25 Å². The van der Waals surface area contributed by atoms with E-state index < -0.39 is 0 Å². The number of carbonyl (C=O) groups is 1. The van der Waals surface area contributed by atoms with Gasteiger partial charge in [-0.3, -0.25) is 4.79 Å². The number of nitrogens with two attached hydrogens (primary N) is 1. The fraction of sp³-hybridized carbons (Fsp3) is 0.353. The maximum Gasteiger partial charge on any atom is 0.236 e. The van der Waals surface area contributed by atoms with Crippen LogP contribution in [0.4, 0.5) is 5.82 Å². The van der Waals surface area contributed by atoms with Gasteiger partial charge in [-0.15, -0.1) is 0 Å². The average molecular weight is 328 g/mol. The quantitative estimate of drug-likeness (QED) is 0.692. The summed E-state index contributed by atoms with van der Waals surface area (Å²) in [5.74, 6) is 0.555. The molecule has 1 aliphatic rings. The maximum absolute atomic E-state index is 12.7. The Bertz CT molecular complexity index is 714. The van der Waals surface area contributed by atoms with Gasteiger partial charge in [-0.1, -0.05) is 36.0 Å². The summed E-state index contributed by atoms with van der Waals surface area (Å²) in [6, 6.07) is 10.0. The molecule has 0 spiro atoms. The second-order valence-electron chi connectivity index (χ2n) is 5.76. The van der Waals surface area contributed by atoms with Crippen molar-refractivity contribution >= 4 is 23.5 Å². The minimum atomic E-state index is -0.235. The summed E-state index contributed by atoms with van der Waals surface area (Å²) in [4.78, 5) is 23.2. The minimum Gasteiger partial charge on any atom is -0.384 e. The van der Waals surface area contributed by atoms with Gasteiger partial charge in [-0.05, 0) is 31.4 Å². The van der Waals surface area contributed by atoms with E-state index in [-0.39, 0.29) is 11.2 Å². The van der Waals surface area contributed by atoms with Crippen LogP contribution in [0.2, 0.25) is 0 Å². The molecule has 0 bridgehead atoms. The molecule has 3 rings (SSSR count). The third-order valence-electron chi connectivity index (χ3n) is 3.93. The lowest BCUT2D eigenvalue weighted by Crippen LogP contribution is -2.40. The number of benzene rings is 1. The van der Waals surface area contributed by atoms with Gasteiger partial charge < -0.3 is 10.6 Å². The molecular formula is C17H20N4OS. The number of rotatable bonds is 3. The Labute approximate surface area is 140 Å². The smallest absolute Gasteiger partial charge is 0.236 e. The number of hydrogen-bond acceptors (Lipinski definition) is 5. The van der Waals surface area contributed by atoms with E-state index in [2.05, 4.69) is 22.1 Å². The normalized spacial score (nSPS) is 15.1. The van der Waals surface area contributed by atoms with Gasteiger partial charge in [0.2, 0.25) is 5.91 Å². The van der Waals surface area contributed by atoms with Crippen molar-refractivity contribution in [3.63, 3.8) is 0 Å². The van der Waals surface area contributed by atoms with Crippen LogP contribution in [0, 0.1) is 6.92 Å². The number of nitrogen functional groups attached to an aromatic ring is 1. The van der Waals surface area contributed by atoms with Crippen molar-refractivity contribution in [3.8, 4) is 0 Å². The molecule has 2 N–H and O–H groups in total. The van der Waals surface area contributed by atoms with Gasteiger partial charge >= 0.3 is 0 Å². The SMILES string of the molecule is Cc1cc(N)nc(S[C@@H](C)C(=O)N2CCc3ccccc3C2)n1. The first kappa shape index (κ1) is 15.8. The summed E-state index contributed by atoms with van der Waals surface area (Å²) in [5, 5.41) is 0.322. The molecular weight excluding hydrogens is 308 g/mol. The second-order valence-corrected chi connectivity index (χ2v) is 7.06. The molecule has 0 fully saturated rings. The highest BCUT2D eigenvalue weighted by Gasteiger charge is 2.25. The lowest BCUT2D eigenvalue weighted by Gasteiger charge is -2.30. The highest BCUT2D eigenvalue weighted by molar-refractivity contribution is 8.00. The van der Waals surface area contributed by atoms with Gasteiger partial charge in [0, 0.05) is 24.8 Å². The maximum atomic E-state index is 12.7. The molecule has 2 aromatic rings. The second kappa shape index (κ2) is 6.58. The van der Waals surface area contributed by atoms with E-state index >= 15 is 0 Å². The van der Waals surface area contributed by atoms with E-state index in [4.69, 9.17) is 5.73 Å². The third kappa shape index (κ3) is 3.64. The fourth-order valence-electron chi connectivity index (χ4n) is 2.77. The lowest BCUT2D eigenvalue weighted by molar-refractivity contribution is -0.131. The number of carbonyl (C=O) groups excluding carboxylic acids is 1. The number of aromatic nitrogens is 2. The highest BCUT2D eigenvalue weighted by Crippen LogP contribution is 2.25. The number of nitrogens with zero attached hydrogens (tertiary/aromatic N) is 3. The van der Waals surface area contributed by atoms with Crippen molar-refractivity contribution in [2.75, 3.05) is 12.3 Å².